The van der Waals surface area contributed by atoms with Gasteiger partial charge in [0.15, 0.2) is 10.8 Å². The zero-order valence-corrected chi connectivity index (χ0v) is 12.1. The second-order valence-electron chi connectivity index (χ2n) is 3.73. The van der Waals surface area contributed by atoms with Crippen molar-refractivity contribution in [1.29, 1.82) is 0 Å². The van der Waals surface area contributed by atoms with Crippen molar-refractivity contribution in [2.24, 2.45) is 0 Å². The Labute approximate surface area is 126 Å². The summed E-state index contributed by atoms with van der Waals surface area (Å²) in [5, 5.41) is 18.8. The fraction of sp³-hybridized carbons (Fsp3) is 0. The van der Waals surface area contributed by atoms with Gasteiger partial charge in [-0.2, -0.15) is 0 Å². The molecular formula is C12H7BrClN3O3. The van der Waals surface area contributed by atoms with Gasteiger partial charge < -0.3 is 10.4 Å². The summed E-state index contributed by atoms with van der Waals surface area (Å²) in [6.45, 7) is 0. The van der Waals surface area contributed by atoms with Crippen LogP contribution in [0.1, 0.15) is 20.8 Å². The van der Waals surface area contributed by atoms with Gasteiger partial charge in [-0.05, 0) is 30.3 Å². The van der Waals surface area contributed by atoms with Crippen LogP contribution in [0.4, 0.5) is 5.69 Å². The highest BCUT2D eigenvalue weighted by Crippen LogP contribution is 2.20. The number of amides is 1. The number of carbonyl (C=O) groups excluding carboxylic acids is 1. The van der Waals surface area contributed by atoms with E-state index in [1.807, 2.05) is 0 Å². The minimum atomic E-state index is -1.09. The topological polar surface area (TPSA) is 92.2 Å². The van der Waals surface area contributed by atoms with E-state index in [4.69, 9.17) is 16.7 Å². The average molecular weight is 357 g/mol. The Bertz CT molecular complexity index is 676. The lowest BCUT2D eigenvalue weighted by molar-refractivity contribution is 0.0696. The maximum atomic E-state index is 11.9. The van der Waals surface area contributed by atoms with Crippen molar-refractivity contribution in [1.82, 2.24) is 10.2 Å². The molecule has 1 amide bonds. The van der Waals surface area contributed by atoms with E-state index >= 15 is 0 Å². The molecule has 0 aliphatic heterocycles. The molecule has 2 rings (SSSR count). The molecule has 2 aromatic rings. The van der Waals surface area contributed by atoms with Crippen molar-refractivity contribution in [2.45, 2.75) is 0 Å². The van der Waals surface area contributed by atoms with E-state index in [-0.39, 0.29) is 16.4 Å². The molecule has 0 radical (unpaired) electrons. The number of aromatic carboxylic acids is 1. The molecule has 0 unspecified atom stereocenters. The van der Waals surface area contributed by atoms with Crippen molar-refractivity contribution in [3.05, 3.63) is 51.2 Å². The minimum Gasteiger partial charge on any atom is -0.478 e. The van der Waals surface area contributed by atoms with E-state index in [1.165, 1.54) is 24.3 Å². The Hall–Kier alpha value is -1.99. The summed E-state index contributed by atoms with van der Waals surface area (Å²) < 4.78 is 0.537. The number of aromatic nitrogens is 2. The Morgan fingerprint density at radius 1 is 1.20 bits per heavy atom. The lowest BCUT2D eigenvalue weighted by Gasteiger charge is -2.06. The molecule has 1 heterocycles. The summed E-state index contributed by atoms with van der Waals surface area (Å²) in [5.41, 5.74) is 0.460. The van der Waals surface area contributed by atoms with E-state index in [1.54, 1.807) is 6.07 Å². The third kappa shape index (κ3) is 3.52. The Balaban J connectivity index is 2.23. The molecule has 0 saturated carbocycles. The smallest absolute Gasteiger partial charge is 0.335 e. The number of rotatable bonds is 3. The predicted octanol–water partition coefficient (Wildman–Crippen LogP) is 2.84. The summed E-state index contributed by atoms with van der Waals surface area (Å²) >= 11 is 8.75. The largest absolute Gasteiger partial charge is 0.478 e. The summed E-state index contributed by atoms with van der Waals surface area (Å²) in [6.07, 6.45) is 0. The molecule has 0 fully saturated rings. The number of anilines is 1. The number of benzene rings is 1. The molecular weight excluding hydrogens is 350 g/mol. The van der Waals surface area contributed by atoms with Gasteiger partial charge in [0.05, 0.1) is 5.56 Å². The molecule has 0 saturated heterocycles. The Kier molecular flexibility index (Phi) is 4.31. The molecule has 0 bridgehead atoms. The van der Waals surface area contributed by atoms with Gasteiger partial charge in [-0.1, -0.05) is 27.5 Å². The zero-order chi connectivity index (χ0) is 14.7. The van der Waals surface area contributed by atoms with Crippen LogP contribution >= 0.6 is 27.5 Å². The second-order valence-corrected chi connectivity index (χ2v) is 5.03. The van der Waals surface area contributed by atoms with Crippen molar-refractivity contribution in [3.8, 4) is 0 Å². The molecule has 0 aliphatic carbocycles. The highest BCUT2D eigenvalue weighted by molar-refractivity contribution is 9.10. The van der Waals surface area contributed by atoms with Crippen LogP contribution in [0.15, 0.2) is 34.8 Å². The van der Waals surface area contributed by atoms with E-state index in [2.05, 4.69) is 31.4 Å². The quantitative estimate of drug-likeness (QED) is 0.882. The first kappa shape index (κ1) is 14.4. The van der Waals surface area contributed by atoms with E-state index in [9.17, 15) is 9.59 Å². The van der Waals surface area contributed by atoms with Crippen LogP contribution in [0.2, 0.25) is 5.15 Å². The third-order valence-corrected chi connectivity index (χ3v) is 2.93. The van der Waals surface area contributed by atoms with Gasteiger partial charge in [-0.15, -0.1) is 10.2 Å². The lowest BCUT2D eigenvalue weighted by Crippen LogP contribution is -2.14. The van der Waals surface area contributed by atoms with Gasteiger partial charge in [0.2, 0.25) is 0 Å². The van der Waals surface area contributed by atoms with Gasteiger partial charge in [0.25, 0.3) is 5.91 Å². The monoisotopic (exact) mass is 355 g/mol. The summed E-state index contributed by atoms with van der Waals surface area (Å²) in [6, 6.07) is 7.20. The summed E-state index contributed by atoms with van der Waals surface area (Å²) in [7, 11) is 0. The predicted molar refractivity (Wildman–Crippen MR) is 76.1 cm³/mol. The van der Waals surface area contributed by atoms with E-state index in [0.29, 0.717) is 10.2 Å². The molecule has 2 N–H and O–H groups in total. The first-order valence-corrected chi connectivity index (χ1v) is 6.47. The first-order chi connectivity index (χ1) is 9.45. The molecule has 0 aliphatic rings. The highest BCUT2D eigenvalue weighted by atomic mass is 79.9. The number of nitrogens with zero attached hydrogens (tertiary/aromatic N) is 2. The van der Waals surface area contributed by atoms with Crippen LogP contribution in [-0.2, 0) is 0 Å². The molecule has 8 heteroatoms. The molecule has 20 heavy (non-hydrogen) atoms. The highest BCUT2D eigenvalue weighted by Gasteiger charge is 2.11. The third-order valence-electron chi connectivity index (χ3n) is 2.27. The van der Waals surface area contributed by atoms with E-state index in [0.717, 1.165) is 0 Å². The number of hydrogen-bond acceptors (Lipinski definition) is 4. The van der Waals surface area contributed by atoms with Crippen molar-refractivity contribution < 1.29 is 14.7 Å². The van der Waals surface area contributed by atoms with Crippen LogP contribution in [0.3, 0.4) is 0 Å². The van der Waals surface area contributed by atoms with Gasteiger partial charge in [0, 0.05) is 10.2 Å². The molecule has 1 aromatic heterocycles. The number of hydrogen-bond donors (Lipinski definition) is 2. The van der Waals surface area contributed by atoms with Gasteiger partial charge in [0.1, 0.15) is 0 Å². The van der Waals surface area contributed by atoms with Crippen LogP contribution in [0.5, 0.6) is 0 Å². The SMILES string of the molecule is O=C(O)c1cc(Br)cc(NC(=O)c2ccc(Cl)nn2)c1. The van der Waals surface area contributed by atoms with Crippen LogP contribution < -0.4 is 5.32 Å². The zero-order valence-electron chi connectivity index (χ0n) is 9.80. The Morgan fingerprint density at radius 3 is 2.55 bits per heavy atom. The number of carbonyl (C=O) groups is 2. The summed E-state index contributed by atoms with van der Waals surface area (Å²) in [4.78, 5) is 22.8. The molecule has 0 spiro atoms. The maximum Gasteiger partial charge on any atom is 0.335 e. The number of halogens is 2. The first-order valence-electron chi connectivity index (χ1n) is 5.30. The maximum absolute atomic E-state index is 11.9. The van der Waals surface area contributed by atoms with Crippen LogP contribution in [0, 0.1) is 0 Å². The normalized spacial score (nSPS) is 10.1. The summed E-state index contributed by atoms with van der Waals surface area (Å²) in [5.74, 6) is -1.60. The molecule has 1 aromatic carbocycles. The van der Waals surface area contributed by atoms with E-state index < -0.39 is 11.9 Å². The molecule has 102 valence electrons. The van der Waals surface area contributed by atoms with Crippen LogP contribution in [-0.4, -0.2) is 27.2 Å². The lowest BCUT2D eigenvalue weighted by atomic mass is 10.2. The molecule has 6 nitrogen and oxygen atoms in total. The second kappa shape index (κ2) is 5.98. The van der Waals surface area contributed by atoms with Crippen molar-refractivity contribution in [2.75, 3.05) is 5.32 Å². The van der Waals surface area contributed by atoms with Crippen LogP contribution in [0.25, 0.3) is 0 Å². The molecule has 0 atom stereocenters. The minimum absolute atomic E-state index is 0.0527. The van der Waals surface area contributed by atoms with Crippen molar-refractivity contribution in [3.63, 3.8) is 0 Å². The van der Waals surface area contributed by atoms with Crippen molar-refractivity contribution >= 4 is 45.1 Å². The Morgan fingerprint density at radius 2 is 1.95 bits per heavy atom. The standard InChI is InChI=1S/C12H7BrClN3O3/c13-7-3-6(12(19)20)4-8(5-7)15-11(18)9-1-2-10(14)17-16-9/h1-5H,(H,15,18)(H,19,20). The van der Waals surface area contributed by atoms with Gasteiger partial charge in [-0.25, -0.2) is 4.79 Å². The van der Waals surface area contributed by atoms with Gasteiger partial charge >= 0.3 is 5.97 Å². The average Bonchev–Trinajstić information content (AvgIpc) is 2.38. The fourth-order valence-electron chi connectivity index (χ4n) is 1.42. The number of carboxylic acid groups (broad SMARTS) is 1. The fourth-order valence-corrected chi connectivity index (χ4v) is 2.01. The van der Waals surface area contributed by atoms with Gasteiger partial charge in [-0.3, -0.25) is 4.79 Å². The number of carboxylic acids is 1. The number of nitrogens with one attached hydrogen (secondary N) is 1.